The quantitative estimate of drug-likeness (QED) is 0.728. The number of rotatable bonds is 4. The first-order valence-electron chi connectivity index (χ1n) is 8.97. The van der Waals surface area contributed by atoms with Gasteiger partial charge in [0.15, 0.2) is 0 Å². The van der Waals surface area contributed by atoms with Crippen molar-refractivity contribution < 1.29 is 4.79 Å². The van der Waals surface area contributed by atoms with Gasteiger partial charge in [-0.25, -0.2) is 4.98 Å². The predicted octanol–water partition coefficient (Wildman–Crippen LogP) is 3.29. The lowest BCUT2D eigenvalue weighted by Gasteiger charge is -2.37. The highest BCUT2D eigenvalue weighted by Crippen LogP contribution is 2.29. The Morgan fingerprint density at radius 1 is 1.15 bits per heavy atom. The van der Waals surface area contributed by atoms with Gasteiger partial charge < -0.3 is 4.90 Å². The summed E-state index contributed by atoms with van der Waals surface area (Å²) < 4.78 is 1.42. The van der Waals surface area contributed by atoms with Gasteiger partial charge in [-0.1, -0.05) is 30.3 Å². The maximum Gasteiger partial charge on any atom is 0.261 e. The molecule has 0 aliphatic heterocycles. The van der Waals surface area contributed by atoms with Crippen LogP contribution in [0.2, 0.25) is 0 Å². The fourth-order valence-corrected chi connectivity index (χ4v) is 3.46. The molecule has 0 atom stereocenters. The molecule has 4 rings (SSSR count). The van der Waals surface area contributed by atoms with Gasteiger partial charge in [-0.2, -0.15) is 0 Å². The molecule has 1 saturated carbocycles. The van der Waals surface area contributed by atoms with Gasteiger partial charge in [0.2, 0.25) is 5.91 Å². The molecule has 0 bridgehead atoms. The van der Waals surface area contributed by atoms with Crippen LogP contribution < -0.4 is 10.5 Å². The average Bonchev–Trinajstić information content (AvgIpc) is 2.61. The second kappa shape index (κ2) is 6.75. The van der Waals surface area contributed by atoms with E-state index in [2.05, 4.69) is 4.98 Å². The van der Waals surface area contributed by atoms with Gasteiger partial charge >= 0.3 is 0 Å². The van der Waals surface area contributed by atoms with Gasteiger partial charge in [0.25, 0.3) is 5.56 Å². The van der Waals surface area contributed by atoms with Gasteiger partial charge in [0.1, 0.15) is 6.54 Å². The molecule has 26 heavy (non-hydrogen) atoms. The minimum absolute atomic E-state index is 0.00110. The van der Waals surface area contributed by atoms with Crippen LogP contribution in [0.4, 0.5) is 5.69 Å². The third-order valence-electron chi connectivity index (χ3n) is 5.10. The molecule has 1 amide bonds. The molecule has 5 nitrogen and oxygen atoms in total. The van der Waals surface area contributed by atoms with Crippen LogP contribution >= 0.6 is 0 Å². The Labute approximate surface area is 151 Å². The summed E-state index contributed by atoms with van der Waals surface area (Å²) in [7, 11) is 0. The molecule has 1 aliphatic carbocycles. The van der Waals surface area contributed by atoms with Crippen molar-refractivity contribution in [1.29, 1.82) is 0 Å². The number of hydrogen-bond acceptors (Lipinski definition) is 3. The van der Waals surface area contributed by atoms with Gasteiger partial charge in [-0.15, -0.1) is 0 Å². The number of benzene rings is 2. The van der Waals surface area contributed by atoms with Crippen LogP contribution in [0.25, 0.3) is 10.9 Å². The summed E-state index contributed by atoms with van der Waals surface area (Å²) in [6, 6.07) is 15.4. The van der Waals surface area contributed by atoms with Crippen LogP contribution in [0.3, 0.4) is 0 Å². The van der Waals surface area contributed by atoms with E-state index in [1.54, 1.807) is 6.07 Å². The number of nitrogens with zero attached hydrogens (tertiary/aromatic N) is 3. The molecule has 0 radical (unpaired) electrons. The van der Waals surface area contributed by atoms with Gasteiger partial charge in [-0.3, -0.25) is 14.2 Å². The highest BCUT2D eigenvalue weighted by molar-refractivity contribution is 5.94. The number of anilines is 1. The third kappa shape index (κ3) is 2.90. The summed E-state index contributed by atoms with van der Waals surface area (Å²) >= 11 is 0. The van der Waals surface area contributed by atoms with E-state index in [-0.39, 0.29) is 24.1 Å². The van der Waals surface area contributed by atoms with E-state index in [0.29, 0.717) is 10.9 Å². The summed E-state index contributed by atoms with van der Waals surface area (Å²) in [6.45, 7) is 1.93. The van der Waals surface area contributed by atoms with Crippen molar-refractivity contribution in [2.45, 2.75) is 38.8 Å². The molecule has 1 aliphatic rings. The largest absolute Gasteiger partial charge is 0.308 e. The maximum absolute atomic E-state index is 13.0. The molecule has 0 spiro atoms. The van der Waals surface area contributed by atoms with Crippen LogP contribution in [0.15, 0.2) is 59.7 Å². The Morgan fingerprint density at radius 2 is 1.92 bits per heavy atom. The van der Waals surface area contributed by atoms with E-state index in [0.717, 1.165) is 30.5 Å². The zero-order chi connectivity index (χ0) is 18.1. The van der Waals surface area contributed by atoms with Crippen LogP contribution in [0.5, 0.6) is 0 Å². The number of hydrogen-bond donors (Lipinski definition) is 0. The molecular formula is C21H21N3O2. The zero-order valence-corrected chi connectivity index (χ0v) is 14.8. The number of fused-ring (bicyclic) bond motifs is 1. The number of carbonyl (C=O) groups is 1. The number of carbonyl (C=O) groups excluding carboxylic acids is 1. The highest BCUT2D eigenvalue weighted by Gasteiger charge is 2.30. The summed E-state index contributed by atoms with van der Waals surface area (Å²) in [4.78, 5) is 32.1. The van der Waals surface area contributed by atoms with Crippen molar-refractivity contribution in [2.24, 2.45) is 0 Å². The lowest BCUT2D eigenvalue weighted by molar-refractivity contribution is -0.120. The minimum atomic E-state index is -0.173. The van der Waals surface area contributed by atoms with Gasteiger partial charge in [0, 0.05) is 11.7 Å². The molecule has 132 valence electrons. The number of aryl methyl sites for hydroxylation is 1. The lowest BCUT2D eigenvalue weighted by atomic mass is 9.91. The fourth-order valence-electron chi connectivity index (χ4n) is 3.46. The number of aromatic nitrogens is 2. The van der Waals surface area contributed by atoms with E-state index in [1.165, 1.54) is 10.9 Å². The number of amides is 1. The first kappa shape index (κ1) is 16.5. The predicted molar refractivity (Wildman–Crippen MR) is 102 cm³/mol. The van der Waals surface area contributed by atoms with E-state index in [4.69, 9.17) is 0 Å². The Kier molecular flexibility index (Phi) is 4.29. The van der Waals surface area contributed by atoms with Crippen LogP contribution in [0, 0.1) is 6.92 Å². The van der Waals surface area contributed by atoms with Crippen LogP contribution in [-0.2, 0) is 11.3 Å². The molecule has 0 N–H and O–H groups in total. The van der Waals surface area contributed by atoms with E-state index >= 15 is 0 Å². The molecule has 3 aromatic rings. The van der Waals surface area contributed by atoms with Crippen molar-refractivity contribution in [3.05, 3.63) is 70.8 Å². The standard InChI is InChI=1S/C21H21N3O2/c1-15-7-5-12-18-20(15)22-14-23(21(18)26)13-19(25)24(17-10-6-11-17)16-8-3-2-4-9-16/h2-5,7-9,12,14,17H,6,10-11,13H2,1H3. The summed E-state index contributed by atoms with van der Waals surface area (Å²) in [5.41, 5.74) is 2.37. The Morgan fingerprint density at radius 3 is 2.62 bits per heavy atom. The third-order valence-corrected chi connectivity index (χ3v) is 5.10. The topological polar surface area (TPSA) is 55.2 Å². The van der Waals surface area contributed by atoms with E-state index < -0.39 is 0 Å². The number of para-hydroxylation sites is 2. The smallest absolute Gasteiger partial charge is 0.261 e. The molecule has 1 aromatic heterocycles. The summed E-state index contributed by atoms with van der Waals surface area (Å²) in [6.07, 6.45) is 4.63. The van der Waals surface area contributed by atoms with Crippen LogP contribution in [0.1, 0.15) is 24.8 Å². The maximum atomic E-state index is 13.0. The van der Waals surface area contributed by atoms with E-state index in [9.17, 15) is 9.59 Å². The molecule has 2 aromatic carbocycles. The highest BCUT2D eigenvalue weighted by atomic mass is 16.2. The van der Waals surface area contributed by atoms with Crippen molar-refractivity contribution in [2.75, 3.05) is 4.90 Å². The Balaban J connectivity index is 1.67. The second-order valence-corrected chi connectivity index (χ2v) is 6.83. The van der Waals surface area contributed by atoms with Crippen molar-refractivity contribution in [1.82, 2.24) is 9.55 Å². The van der Waals surface area contributed by atoms with Crippen molar-refractivity contribution in [3.8, 4) is 0 Å². The van der Waals surface area contributed by atoms with Gasteiger partial charge in [-0.05, 0) is 49.9 Å². The summed E-state index contributed by atoms with van der Waals surface area (Å²) in [5.74, 6) is -0.0724. The summed E-state index contributed by atoms with van der Waals surface area (Å²) in [5, 5.41) is 0.551. The lowest BCUT2D eigenvalue weighted by Crippen LogP contribution is -2.46. The Hall–Kier alpha value is -2.95. The molecule has 1 fully saturated rings. The molecule has 0 saturated heterocycles. The van der Waals surface area contributed by atoms with Crippen molar-refractivity contribution in [3.63, 3.8) is 0 Å². The fraction of sp³-hybridized carbons (Fsp3) is 0.286. The molecule has 0 unspecified atom stereocenters. The van der Waals surface area contributed by atoms with Gasteiger partial charge in [0.05, 0.1) is 17.2 Å². The van der Waals surface area contributed by atoms with Crippen LogP contribution in [-0.4, -0.2) is 21.5 Å². The van der Waals surface area contributed by atoms with Crippen molar-refractivity contribution >= 4 is 22.5 Å². The minimum Gasteiger partial charge on any atom is -0.308 e. The second-order valence-electron chi connectivity index (χ2n) is 6.83. The normalized spacial score (nSPS) is 14.2. The SMILES string of the molecule is Cc1cccc2c(=O)n(CC(=O)N(c3ccccc3)C3CCC3)cnc12. The molecule has 5 heteroatoms. The monoisotopic (exact) mass is 347 g/mol. The first-order chi connectivity index (χ1) is 12.6. The first-order valence-corrected chi connectivity index (χ1v) is 8.97. The molecular weight excluding hydrogens is 326 g/mol. The average molecular weight is 347 g/mol. The zero-order valence-electron chi connectivity index (χ0n) is 14.8. The van der Waals surface area contributed by atoms with E-state index in [1.807, 2.05) is 54.3 Å². The molecule has 1 heterocycles. The Bertz CT molecular complexity index is 1010.